The maximum Gasteiger partial charge on any atom is 0.229 e. The minimum Gasteiger partial charge on any atom is -0.264 e. The summed E-state index contributed by atoms with van der Waals surface area (Å²) in [6.07, 6.45) is 0. The van der Waals surface area contributed by atoms with Crippen molar-refractivity contribution in [2.75, 3.05) is 0 Å². The Hall–Kier alpha value is -1.49. The van der Waals surface area contributed by atoms with Gasteiger partial charge >= 0.3 is 0 Å². The van der Waals surface area contributed by atoms with Crippen molar-refractivity contribution in [1.82, 2.24) is 14.8 Å². The van der Waals surface area contributed by atoms with E-state index in [1.807, 2.05) is 13.8 Å². The first-order valence-corrected chi connectivity index (χ1v) is 5.87. The van der Waals surface area contributed by atoms with Crippen molar-refractivity contribution in [3.8, 4) is 5.69 Å². The van der Waals surface area contributed by atoms with Gasteiger partial charge in [-0.25, -0.2) is 8.78 Å². The number of rotatable bonds is 2. The van der Waals surface area contributed by atoms with Crippen molar-refractivity contribution in [3.63, 3.8) is 0 Å². The Morgan fingerprint density at radius 2 is 1.89 bits per heavy atom. The average molecular weight is 272 g/mol. The Bertz CT molecular complexity index is 593. The maximum absolute atomic E-state index is 14.1. The predicted molar refractivity (Wildman–Crippen MR) is 65.1 cm³/mol. The van der Waals surface area contributed by atoms with Crippen LogP contribution in [0.5, 0.6) is 0 Å². The Labute approximate surface area is 108 Å². The summed E-state index contributed by atoms with van der Waals surface area (Å²) in [5.74, 6) is -0.979. The van der Waals surface area contributed by atoms with Crippen LogP contribution in [-0.4, -0.2) is 14.8 Å². The smallest absolute Gasteiger partial charge is 0.229 e. The lowest BCUT2D eigenvalue weighted by molar-refractivity contribution is 0.557. The average Bonchev–Trinajstić information content (AvgIpc) is 2.67. The molecule has 0 aliphatic carbocycles. The molecule has 3 nitrogen and oxygen atoms in total. The van der Waals surface area contributed by atoms with Gasteiger partial charge in [-0.2, -0.15) is 0 Å². The zero-order valence-corrected chi connectivity index (χ0v) is 11.0. The van der Waals surface area contributed by atoms with E-state index < -0.39 is 11.6 Å². The third-order valence-corrected chi connectivity index (χ3v) is 2.89. The van der Waals surface area contributed by atoms with Crippen molar-refractivity contribution in [2.45, 2.75) is 26.7 Å². The zero-order chi connectivity index (χ0) is 13.4. The molecule has 0 amide bonds. The van der Waals surface area contributed by atoms with Gasteiger partial charge in [-0.15, -0.1) is 10.2 Å². The highest BCUT2D eigenvalue weighted by Gasteiger charge is 2.22. The lowest BCUT2D eigenvalue weighted by atomic mass is 10.1. The summed E-state index contributed by atoms with van der Waals surface area (Å²) in [6.45, 7) is 5.26. The molecule has 0 atom stereocenters. The molecular weight excluding hydrogens is 260 g/mol. The summed E-state index contributed by atoms with van der Waals surface area (Å²) in [5.41, 5.74) is 0.111. The maximum atomic E-state index is 14.1. The van der Waals surface area contributed by atoms with Crippen LogP contribution < -0.4 is 0 Å². The van der Waals surface area contributed by atoms with Gasteiger partial charge in [0.25, 0.3) is 0 Å². The van der Waals surface area contributed by atoms with Crippen LogP contribution >= 0.6 is 11.6 Å². The Kier molecular flexibility index (Phi) is 3.34. The number of aromatic nitrogens is 3. The zero-order valence-electron chi connectivity index (χ0n) is 10.2. The van der Waals surface area contributed by atoms with Crippen LogP contribution in [0.15, 0.2) is 12.1 Å². The van der Waals surface area contributed by atoms with Crippen LogP contribution in [0.25, 0.3) is 5.69 Å². The summed E-state index contributed by atoms with van der Waals surface area (Å²) < 4.78 is 29.1. The molecule has 0 aliphatic rings. The normalized spacial score (nSPS) is 11.3. The second-order valence-corrected chi connectivity index (χ2v) is 4.68. The molecule has 1 aromatic heterocycles. The van der Waals surface area contributed by atoms with E-state index in [0.29, 0.717) is 11.4 Å². The number of halogens is 3. The highest BCUT2D eigenvalue weighted by molar-refractivity contribution is 6.28. The third kappa shape index (κ3) is 1.99. The molecule has 6 heteroatoms. The van der Waals surface area contributed by atoms with Gasteiger partial charge in [0, 0.05) is 5.92 Å². The fourth-order valence-corrected chi connectivity index (χ4v) is 1.91. The molecule has 0 N–H and O–H groups in total. The van der Waals surface area contributed by atoms with Crippen molar-refractivity contribution >= 4 is 11.6 Å². The van der Waals surface area contributed by atoms with Crippen LogP contribution in [0.1, 0.15) is 31.2 Å². The number of nitrogens with zero attached hydrogens (tertiary/aromatic N) is 3. The molecule has 0 saturated heterocycles. The summed E-state index contributed by atoms with van der Waals surface area (Å²) in [7, 11) is 0. The van der Waals surface area contributed by atoms with Crippen LogP contribution in [0.4, 0.5) is 8.78 Å². The van der Waals surface area contributed by atoms with Gasteiger partial charge in [-0.3, -0.25) is 4.57 Å². The van der Waals surface area contributed by atoms with Crippen molar-refractivity contribution in [2.24, 2.45) is 0 Å². The molecule has 0 fully saturated rings. The van der Waals surface area contributed by atoms with Gasteiger partial charge < -0.3 is 0 Å². The van der Waals surface area contributed by atoms with E-state index in [9.17, 15) is 8.78 Å². The first kappa shape index (κ1) is 13.0. The predicted octanol–water partition coefficient (Wildman–Crippen LogP) is 3.63. The van der Waals surface area contributed by atoms with Crippen molar-refractivity contribution in [1.29, 1.82) is 0 Å². The summed E-state index contributed by atoms with van der Waals surface area (Å²) in [5, 5.41) is 7.47. The highest BCUT2D eigenvalue weighted by Crippen LogP contribution is 2.27. The third-order valence-electron chi connectivity index (χ3n) is 2.65. The molecule has 0 saturated carbocycles. The van der Waals surface area contributed by atoms with Gasteiger partial charge in [0.05, 0.1) is 0 Å². The number of benzene rings is 1. The van der Waals surface area contributed by atoms with E-state index in [2.05, 4.69) is 10.2 Å². The lowest BCUT2D eigenvalue weighted by Crippen LogP contribution is -2.08. The van der Waals surface area contributed by atoms with E-state index in [0.717, 1.165) is 0 Å². The van der Waals surface area contributed by atoms with Crippen LogP contribution in [0.2, 0.25) is 5.28 Å². The molecule has 2 aromatic rings. The second-order valence-electron chi connectivity index (χ2n) is 4.34. The van der Waals surface area contributed by atoms with Crippen LogP contribution in [0, 0.1) is 18.6 Å². The van der Waals surface area contributed by atoms with Crippen LogP contribution in [0.3, 0.4) is 0 Å². The fraction of sp³-hybridized carbons (Fsp3) is 0.333. The van der Waals surface area contributed by atoms with Gasteiger partial charge in [0.1, 0.15) is 17.3 Å². The summed E-state index contributed by atoms with van der Waals surface area (Å²) >= 11 is 5.88. The van der Waals surface area contributed by atoms with E-state index in [4.69, 9.17) is 11.6 Å². The van der Waals surface area contributed by atoms with E-state index in [1.54, 1.807) is 6.92 Å². The van der Waals surface area contributed by atoms with Crippen molar-refractivity contribution < 1.29 is 8.78 Å². The molecule has 0 spiro atoms. The molecule has 0 aliphatic heterocycles. The molecule has 0 radical (unpaired) electrons. The Balaban J connectivity index is 2.77. The number of hydrogen-bond donors (Lipinski definition) is 0. The first-order chi connectivity index (χ1) is 8.43. The number of aryl methyl sites for hydroxylation is 1. The molecule has 0 unspecified atom stereocenters. The SMILES string of the molecule is Cc1ccc(F)c(-n2c(Cl)nnc2C(C)C)c1F. The van der Waals surface area contributed by atoms with Gasteiger partial charge in [0.2, 0.25) is 5.28 Å². The summed E-state index contributed by atoms with van der Waals surface area (Å²) in [6, 6.07) is 2.58. The first-order valence-electron chi connectivity index (χ1n) is 5.49. The molecule has 0 bridgehead atoms. The Morgan fingerprint density at radius 3 is 2.50 bits per heavy atom. The molecule has 2 rings (SSSR count). The standard InChI is InChI=1S/C12H12ClF2N3/c1-6(2)11-16-17-12(13)18(11)10-8(14)5-4-7(3)9(10)15/h4-6H,1-3H3. The summed E-state index contributed by atoms with van der Waals surface area (Å²) in [4.78, 5) is 0. The van der Waals surface area contributed by atoms with Crippen molar-refractivity contribution in [3.05, 3.63) is 40.4 Å². The molecule has 18 heavy (non-hydrogen) atoms. The van der Waals surface area contributed by atoms with E-state index in [-0.39, 0.29) is 16.9 Å². The number of hydrogen-bond acceptors (Lipinski definition) is 2. The minimum absolute atomic E-state index is 0.0516. The quantitative estimate of drug-likeness (QED) is 0.835. The van der Waals surface area contributed by atoms with E-state index in [1.165, 1.54) is 16.7 Å². The molecule has 1 aromatic carbocycles. The van der Waals surface area contributed by atoms with Gasteiger partial charge in [0.15, 0.2) is 5.82 Å². The Morgan fingerprint density at radius 1 is 1.22 bits per heavy atom. The molecular formula is C12H12ClF2N3. The lowest BCUT2D eigenvalue weighted by Gasteiger charge is -2.12. The van der Waals surface area contributed by atoms with Gasteiger partial charge in [-0.05, 0) is 30.2 Å². The topological polar surface area (TPSA) is 30.7 Å². The second kappa shape index (κ2) is 4.65. The monoisotopic (exact) mass is 271 g/mol. The molecule has 1 heterocycles. The van der Waals surface area contributed by atoms with Crippen LogP contribution in [-0.2, 0) is 0 Å². The largest absolute Gasteiger partial charge is 0.264 e. The molecule has 96 valence electrons. The van der Waals surface area contributed by atoms with Gasteiger partial charge in [-0.1, -0.05) is 19.9 Å². The highest BCUT2D eigenvalue weighted by atomic mass is 35.5. The minimum atomic E-state index is -0.693. The van der Waals surface area contributed by atoms with E-state index >= 15 is 0 Å². The fourth-order valence-electron chi connectivity index (χ4n) is 1.70.